The average Bonchev–Trinajstić information content (AvgIpc) is 3.70. The number of rotatable bonds is 26. The molecule has 13 atom stereocenters. The van der Waals surface area contributed by atoms with E-state index in [1.807, 2.05) is 20.8 Å². The maximum atomic E-state index is 17.8. The van der Waals surface area contributed by atoms with E-state index in [0.29, 0.717) is 95.7 Å². The first-order valence-corrected chi connectivity index (χ1v) is 28.3. The zero-order valence-electron chi connectivity index (χ0n) is 42.6. The average molecular weight is 1050 g/mol. The van der Waals surface area contributed by atoms with Gasteiger partial charge in [-0.2, -0.15) is 0 Å². The Bertz CT molecular complexity index is 2020. The van der Waals surface area contributed by atoms with Crippen molar-refractivity contribution in [2.24, 2.45) is 40.4 Å². The molecular weight excluding hydrogens is 977 g/mol. The molecule has 0 aromatic heterocycles. The van der Waals surface area contributed by atoms with E-state index < -0.39 is 93.7 Å². The number of ether oxygens (including phenoxy) is 7. The summed E-state index contributed by atoms with van der Waals surface area (Å²) in [5.74, 6) is -0.442. The third-order valence-electron chi connectivity index (χ3n) is 16.3. The molecule has 1 saturated heterocycles. The number of aliphatic hydroxyl groups is 1. The van der Waals surface area contributed by atoms with Crippen LogP contribution in [0.5, 0.6) is 0 Å². The molecule has 0 radical (unpaired) electrons. The van der Waals surface area contributed by atoms with Crippen LogP contribution in [0.3, 0.4) is 0 Å². The first-order valence-electron chi connectivity index (χ1n) is 26.0. The van der Waals surface area contributed by atoms with Crippen LogP contribution in [0.25, 0.3) is 0 Å². The number of nitrogens with one attached hydrogen (secondary N) is 3. The molecule has 20 heteroatoms. The lowest BCUT2D eigenvalue weighted by molar-refractivity contribution is -0.234. The van der Waals surface area contributed by atoms with E-state index in [1.165, 1.54) is 53.5 Å². The van der Waals surface area contributed by atoms with Crippen molar-refractivity contribution >= 4 is 51.2 Å². The SMILES string of the molecule is CCCC1O[C@@H]2CC3[C@@H]4C[C@H](F)C5=CC(=O)C=C[C@]5(C)[C@@]4(F)[C@@H](O)C[C@]3(C)[C@]2(C(=O)COC(=O)NCCSSC(C)(C)CC(=O)NCCOCCOCCOCCNC(=O)OCC2[C@H]3CC/C=C\CC[C@@H]23)O1. The van der Waals surface area contributed by atoms with Gasteiger partial charge in [0.2, 0.25) is 11.7 Å². The number of allylic oxidation sites excluding steroid dienone is 6. The molecule has 6 aliphatic carbocycles. The lowest BCUT2D eigenvalue weighted by Crippen LogP contribution is -2.71. The summed E-state index contributed by atoms with van der Waals surface area (Å²) in [6.07, 6.45) is 7.91. The number of carbonyl (C=O) groups is 5. The molecule has 1 heterocycles. The number of Topliss-reactive ketones (excluding diaryl/α,β-unsaturated/α-hetero) is 1. The molecule has 4 saturated carbocycles. The summed E-state index contributed by atoms with van der Waals surface area (Å²) in [4.78, 5) is 64.3. The van der Waals surface area contributed by atoms with Gasteiger partial charge in [-0.3, -0.25) is 14.4 Å². The Morgan fingerprint density at radius 1 is 0.889 bits per heavy atom. The molecule has 4 N–H and O–H groups in total. The van der Waals surface area contributed by atoms with Crippen LogP contribution in [-0.4, -0.2) is 154 Å². The number of hydrogen-bond donors (Lipinski definition) is 4. The molecular formula is C52H77F2N3O13S2. The molecule has 404 valence electrons. The van der Waals surface area contributed by atoms with Crippen molar-refractivity contribution in [2.45, 2.75) is 140 Å². The smallest absolute Gasteiger partial charge is 0.407 e. The van der Waals surface area contributed by atoms with Gasteiger partial charge < -0.3 is 54.2 Å². The van der Waals surface area contributed by atoms with Crippen molar-refractivity contribution in [3.05, 3.63) is 36.0 Å². The third kappa shape index (κ3) is 12.4. The summed E-state index contributed by atoms with van der Waals surface area (Å²) in [7, 11) is 2.98. The summed E-state index contributed by atoms with van der Waals surface area (Å²) in [5, 5.41) is 20.1. The second-order valence-electron chi connectivity index (χ2n) is 21.4. The number of alkyl carbamates (subject to hydrolysis) is 2. The van der Waals surface area contributed by atoms with Crippen LogP contribution < -0.4 is 16.0 Å². The molecule has 1 aliphatic heterocycles. The molecule has 72 heavy (non-hydrogen) atoms. The summed E-state index contributed by atoms with van der Waals surface area (Å²) in [5.41, 5.74) is -6.78. The van der Waals surface area contributed by atoms with E-state index in [-0.39, 0.29) is 43.7 Å². The van der Waals surface area contributed by atoms with Gasteiger partial charge in [-0.1, -0.05) is 60.1 Å². The maximum Gasteiger partial charge on any atom is 0.407 e. The predicted molar refractivity (Wildman–Crippen MR) is 267 cm³/mol. The van der Waals surface area contributed by atoms with Gasteiger partial charge in [-0.05, 0) is 114 Å². The van der Waals surface area contributed by atoms with Gasteiger partial charge in [-0.25, -0.2) is 18.4 Å². The Hall–Kier alpha value is -3.11. The van der Waals surface area contributed by atoms with Gasteiger partial charge >= 0.3 is 12.2 Å². The lowest BCUT2D eigenvalue weighted by Gasteiger charge is -2.63. The van der Waals surface area contributed by atoms with Crippen molar-refractivity contribution in [1.82, 2.24) is 16.0 Å². The molecule has 16 nitrogen and oxygen atoms in total. The van der Waals surface area contributed by atoms with Gasteiger partial charge in [-0.15, -0.1) is 0 Å². The van der Waals surface area contributed by atoms with Crippen LogP contribution >= 0.6 is 21.6 Å². The van der Waals surface area contributed by atoms with Crippen LogP contribution in [0.4, 0.5) is 18.4 Å². The number of aliphatic hydroxyl groups excluding tert-OH is 1. The zero-order chi connectivity index (χ0) is 51.7. The number of hydrogen-bond acceptors (Lipinski definition) is 15. The normalized spacial score (nSPS) is 35.8. The number of fused-ring (bicyclic) bond motifs is 8. The van der Waals surface area contributed by atoms with Crippen molar-refractivity contribution in [3.63, 3.8) is 0 Å². The van der Waals surface area contributed by atoms with Gasteiger partial charge in [0, 0.05) is 53.3 Å². The minimum Gasteiger partial charge on any atom is -0.449 e. The molecule has 7 aliphatic rings. The highest BCUT2D eigenvalue weighted by molar-refractivity contribution is 8.77. The fourth-order valence-corrected chi connectivity index (χ4v) is 15.2. The van der Waals surface area contributed by atoms with Crippen LogP contribution in [0.2, 0.25) is 0 Å². The first kappa shape index (κ1) is 56.6. The summed E-state index contributed by atoms with van der Waals surface area (Å²) in [6.45, 7) is 12.1. The molecule has 3 unspecified atom stereocenters. The van der Waals surface area contributed by atoms with Crippen LogP contribution in [0, 0.1) is 40.4 Å². The highest BCUT2D eigenvalue weighted by Crippen LogP contribution is 2.72. The van der Waals surface area contributed by atoms with Crippen LogP contribution in [0.15, 0.2) is 36.0 Å². The lowest BCUT2D eigenvalue weighted by atomic mass is 9.44. The Labute approximate surface area is 430 Å². The minimum absolute atomic E-state index is 0.0161. The Kier molecular flexibility index (Phi) is 19.4. The van der Waals surface area contributed by atoms with Gasteiger partial charge in [0.05, 0.1) is 58.5 Å². The number of halogens is 2. The first-order chi connectivity index (χ1) is 34.4. The summed E-state index contributed by atoms with van der Waals surface area (Å²) in [6, 6.07) is 0. The number of alkyl halides is 2. The van der Waals surface area contributed by atoms with E-state index in [2.05, 4.69) is 28.1 Å². The molecule has 0 spiro atoms. The number of ketones is 2. The van der Waals surface area contributed by atoms with E-state index >= 15 is 8.78 Å². The topological polar surface area (TPSA) is 206 Å². The molecule has 0 aromatic carbocycles. The number of amides is 3. The Morgan fingerprint density at radius 3 is 2.21 bits per heavy atom. The molecule has 0 bridgehead atoms. The Balaban J connectivity index is 0.727. The monoisotopic (exact) mass is 1050 g/mol. The summed E-state index contributed by atoms with van der Waals surface area (Å²) >= 11 is 0. The molecule has 7 rings (SSSR count). The zero-order valence-corrected chi connectivity index (χ0v) is 44.2. The van der Waals surface area contributed by atoms with E-state index in [0.717, 1.165) is 18.9 Å². The van der Waals surface area contributed by atoms with Crippen molar-refractivity contribution in [3.8, 4) is 0 Å². The number of carbonyl (C=O) groups excluding carboxylic acids is 5. The second kappa shape index (κ2) is 24.7. The van der Waals surface area contributed by atoms with Gasteiger partial charge in [0.15, 0.2) is 29.9 Å². The largest absolute Gasteiger partial charge is 0.449 e. The third-order valence-corrected chi connectivity index (χ3v) is 19.6. The highest BCUT2D eigenvalue weighted by atomic mass is 33.1. The Morgan fingerprint density at radius 2 is 1.53 bits per heavy atom. The highest BCUT2D eigenvalue weighted by Gasteiger charge is 2.80. The van der Waals surface area contributed by atoms with E-state index in [4.69, 9.17) is 33.2 Å². The molecule has 3 amide bonds. The molecule has 0 aromatic rings. The van der Waals surface area contributed by atoms with Crippen LogP contribution in [-0.2, 0) is 47.5 Å². The minimum atomic E-state index is -2.33. The van der Waals surface area contributed by atoms with Crippen molar-refractivity contribution in [1.29, 1.82) is 0 Å². The van der Waals surface area contributed by atoms with Crippen molar-refractivity contribution < 1.29 is 71.0 Å². The van der Waals surface area contributed by atoms with Crippen LogP contribution in [0.1, 0.15) is 98.8 Å². The summed E-state index contributed by atoms with van der Waals surface area (Å²) < 4.78 is 73.7. The maximum absolute atomic E-state index is 17.8. The quantitative estimate of drug-likeness (QED) is 0.0394. The standard InChI is InChI=1S/C52H77F2N3O13S2/c1-6-11-45-69-43-28-37-38-27-40(53)39-26-33(58)14-15-49(39,4)51(38,54)41(59)29-50(37,5)52(43,70-45)42(60)32-68-47(63)57-18-25-71-72-48(2,3)30-44(61)55-16-19-64-21-23-66-24-22-65-20-17-56-46(62)67-31-36-34-12-9-7-8-10-13-35(34)36/h7-8,14-15,26,34-38,40-41,43,45,59H,6,9-13,16-25,27-32H2,1-5H3,(H,55,61)(H,56,62)(H,57,63)/b8-7-/t34-,35+,36?,37?,38-,40-,41-,43+,45?,49-,50-,51-,52+/m0/s1. The van der Waals surface area contributed by atoms with E-state index in [1.54, 1.807) is 6.92 Å². The fraction of sp³-hybridized carbons (Fsp3) is 0.788. The van der Waals surface area contributed by atoms with E-state index in [9.17, 15) is 29.1 Å². The van der Waals surface area contributed by atoms with Crippen molar-refractivity contribution in [2.75, 3.05) is 78.2 Å². The fourth-order valence-electron chi connectivity index (χ4n) is 12.7. The van der Waals surface area contributed by atoms with Gasteiger partial charge in [0.1, 0.15) is 6.17 Å². The second-order valence-corrected chi connectivity index (χ2v) is 24.5. The predicted octanol–water partition coefficient (Wildman–Crippen LogP) is 6.93. The van der Waals surface area contributed by atoms with Gasteiger partial charge in [0.25, 0.3) is 0 Å². The molecule has 5 fully saturated rings.